The van der Waals surface area contributed by atoms with Gasteiger partial charge in [-0.1, -0.05) is 50.1 Å². The minimum absolute atomic E-state index is 0.182. The van der Waals surface area contributed by atoms with Gasteiger partial charge in [0.2, 0.25) is 0 Å². The monoisotopic (exact) mass is 271 g/mol. The predicted molar refractivity (Wildman–Crippen MR) is 83.5 cm³/mol. The molecule has 0 heterocycles. The molecule has 0 spiro atoms. The van der Waals surface area contributed by atoms with E-state index in [1.54, 1.807) is 0 Å². The average molecular weight is 271 g/mol. The Morgan fingerprint density at radius 2 is 1.75 bits per heavy atom. The first-order valence-corrected chi connectivity index (χ1v) is 7.28. The van der Waals surface area contributed by atoms with E-state index >= 15 is 0 Å². The Hall–Kier alpha value is -1.83. The number of benzene rings is 2. The second-order valence-corrected chi connectivity index (χ2v) is 5.21. The number of halogens is 1. The molecule has 1 unspecified atom stereocenters. The second kappa shape index (κ2) is 7.09. The van der Waals surface area contributed by atoms with Crippen molar-refractivity contribution in [3.05, 3.63) is 65.5 Å². The van der Waals surface area contributed by atoms with Crippen LogP contribution in [0.4, 0.5) is 10.1 Å². The second-order valence-electron chi connectivity index (χ2n) is 5.21. The van der Waals surface area contributed by atoms with Gasteiger partial charge in [-0.3, -0.25) is 0 Å². The van der Waals surface area contributed by atoms with E-state index < -0.39 is 0 Å². The van der Waals surface area contributed by atoms with Gasteiger partial charge in [0.25, 0.3) is 0 Å². The minimum atomic E-state index is -0.182. The summed E-state index contributed by atoms with van der Waals surface area (Å²) in [5.74, 6) is -0.182. The molecule has 1 atom stereocenters. The van der Waals surface area contributed by atoms with Crippen molar-refractivity contribution in [1.82, 2.24) is 0 Å². The molecular formula is C18H22FN. The molecule has 0 bridgehead atoms. The largest absolute Gasteiger partial charge is 0.378 e. The zero-order chi connectivity index (χ0) is 14.4. The van der Waals surface area contributed by atoms with E-state index in [9.17, 15) is 4.39 Å². The van der Waals surface area contributed by atoms with E-state index in [0.717, 1.165) is 30.5 Å². The Morgan fingerprint density at radius 3 is 2.40 bits per heavy atom. The topological polar surface area (TPSA) is 12.0 Å². The van der Waals surface area contributed by atoms with E-state index in [-0.39, 0.29) is 11.9 Å². The van der Waals surface area contributed by atoms with Gasteiger partial charge < -0.3 is 5.32 Å². The molecule has 0 aromatic heterocycles. The third kappa shape index (κ3) is 3.83. The van der Waals surface area contributed by atoms with E-state index in [0.29, 0.717) is 0 Å². The van der Waals surface area contributed by atoms with E-state index in [1.165, 1.54) is 17.7 Å². The minimum Gasteiger partial charge on any atom is -0.378 e. The third-order valence-electron chi connectivity index (χ3n) is 3.59. The number of anilines is 1. The smallest absolute Gasteiger partial charge is 0.123 e. The number of nitrogens with one attached hydrogen (secondary N) is 1. The normalized spacial score (nSPS) is 12.2. The van der Waals surface area contributed by atoms with Crippen LogP contribution in [0.3, 0.4) is 0 Å². The van der Waals surface area contributed by atoms with Crippen molar-refractivity contribution in [2.45, 2.75) is 39.2 Å². The SMILES string of the molecule is CCCCC(Nc1ccccc1C)c1ccc(F)cc1. The lowest BCUT2D eigenvalue weighted by Crippen LogP contribution is -2.11. The van der Waals surface area contributed by atoms with Gasteiger partial charge in [-0.15, -0.1) is 0 Å². The van der Waals surface area contributed by atoms with Gasteiger partial charge in [-0.05, 0) is 42.7 Å². The molecule has 1 nitrogen and oxygen atoms in total. The number of hydrogen-bond donors (Lipinski definition) is 1. The molecule has 2 heteroatoms. The molecule has 0 aliphatic rings. The number of rotatable bonds is 6. The molecule has 106 valence electrons. The fourth-order valence-corrected chi connectivity index (χ4v) is 2.35. The molecule has 20 heavy (non-hydrogen) atoms. The quantitative estimate of drug-likeness (QED) is 0.733. The standard InChI is InChI=1S/C18H22FN/c1-3-4-8-18(15-10-12-16(19)13-11-15)20-17-9-6-5-7-14(17)2/h5-7,9-13,18,20H,3-4,8H2,1-2H3. The van der Waals surface area contributed by atoms with Crippen molar-refractivity contribution in [2.75, 3.05) is 5.32 Å². The van der Waals surface area contributed by atoms with Gasteiger partial charge in [0.05, 0.1) is 6.04 Å². The third-order valence-corrected chi connectivity index (χ3v) is 3.59. The maximum atomic E-state index is 13.1. The summed E-state index contributed by atoms with van der Waals surface area (Å²) in [5.41, 5.74) is 3.53. The Bertz CT molecular complexity index is 533. The lowest BCUT2D eigenvalue weighted by molar-refractivity contribution is 0.616. The van der Waals surface area contributed by atoms with Gasteiger partial charge in [0.15, 0.2) is 0 Å². The van der Waals surface area contributed by atoms with Crippen LogP contribution in [0.1, 0.15) is 43.4 Å². The fraction of sp³-hybridized carbons (Fsp3) is 0.333. The molecule has 0 saturated heterocycles. The van der Waals surface area contributed by atoms with Crippen molar-refractivity contribution in [3.63, 3.8) is 0 Å². The van der Waals surface area contributed by atoms with Crippen molar-refractivity contribution in [1.29, 1.82) is 0 Å². The molecule has 2 aromatic rings. The van der Waals surface area contributed by atoms with Gasteiger partial charge in [-0.25, -0.2) is 4.39 Å². The van der Waals surface area contributed by atoms with Crippen LogP contribution in [0.5, 0.6) is 0 Å². The van der Waals surface area contributed by atoms with Crippen LogP contribution in [-0.4, -0.2) is 0 Å². The molecule has 0 radical (unpaired) electrons. The maximum absolute atomic E-state index is 13.1. The van der Waals surface area contributed by atoms with Crippen LogP contribution in [0.2, 0.25) is 0 Å². The van der Waals surface area contributed by atoms with Crippen LogP contribution in [0, 0.1) is 12.7 Å². The highest BCUT2D eigenvalue weighted by Gasteiger charge is 2.12. The van der Waals surface area contributed by atoms with Crippen LogP contribution >= 0.6 is 0 Å². The predicted octanol–water partition coefficient (Wildman–Crippen LogP) is 5.48. The van der Waals surface area contributed by atoms with Crippen molar-refractivity contribution >= 4 is 5.69 Å². The highest BCUT2D eigenvalue weighted by Crippen LogP contribution is 2.26. The summed E-state index contributed by atoms with van der Waals surface area (Å²) < 4.78 is 13.1. The van der Waals surface area contributed by atoms with Crippen LogP contribution in [-0.2, 0) is 0 Å². The van der Waals surface area contributed by atoms with Crippen molar-refractivity contribution in [3.8, 4) is 0 Å². The van der Waals surface area contributed by atoms with Gasteiger partial charge in [0, 0.05) is 5.69 Å². The summed E-state index contributed by atoms with van der Waals surface area (Å²) in [7, 11) is 0. The fourth-order valence-electron chi connectivity index (χ4n) is 2.35. The Morgan fingerprint density at radius 1 is 1.05 bits per heavy atom. The molecular weight excluding hydrogens is 249 g/mol. The molecule has 2 aromatic carbocycles. The van der Waals surface area contributed by atoms with E-state index in [4.69, 9.17) is 0 Å². The average Bonchev–Trinajstić information content (AvgIpc) is 2.46. The van der Waals surface area contributed by atoms with Gasteiger partial charge in [0.1, 0.15) is 5.82 Å². The molecule has 1 N–H and O–H groups in total. The summed E-state index contributed by atoms with van der Waals surface area (Å²) in [6, 6.07) is 15.3. The van der Waals surface area contributed by atoms with Crippen LogP contribution in [0.15, 0.2) is 48.5 Å². The summed E-state index contributed by atoms with van der Waals surface area (Å²) in [4.78, 5) is 0. The maximum Gasteiger partial charge on any atom is 0.123 e. The molecule has 2 rings (SSSR count). The summed E-state index contributed by atoms with van der Waals surface area (Å²) >= 11 is 0. The number of para-hydroxylation sites is 1. The molecule has 0 amide bonds. The number of aryl methyl sites for hydroxylation is 1. The summed E-state index contributed by atoms with van der Waals surface area (Å²) in [5, 5.41) is 3.60. The highest BCUT2D eigenvalue weighted by molar-refractivity contribution is 5.51. The van der Waals surface area contributed by atoms with E-state index in [2.05, 4.69) is 31.3 Å². The number of hydrogen-bond acceptors (Lipinski definition) is 1. The molecule has 0 fully saturated rings. The molecule has 0 saturated carbocycles. The first-order chi connectivity index (χ1) is 9.70. The van der Waals surface area contributed by atoms with Gasteiger partial charge >= 0.3 is 0 Å². The van der Waals surface area contributed by atoms with Crippen molar-refractivity contribution in [2.24, 2.45) is 0 Å². The zero-order valence-corrected chi connectivity index (χ0v) is 12.2. The van der Waals surface area contributed by atoms with E-state index in [1.807, 2.05) is 24.3 Å². The summed E-state index contributed by atoms with van der Waals surface area (Å²) in [6.07, 6.45) is 3.37. The lowest BCUT2D eigenvalue weighted by Gasteiger charge is -2.21. The van der Waals surface area contributed by atoms with Crippen LogP contribution in [0.25, 0.3) is 0 Å². The molecule has 0 aliphatic heterocycles. The first kappa shape index (κ1) is 14.6. The zero-order valence-electron chi connectivity index (χ0n) is 12.2. The number of unbranched alkanes of at least 4 members (excludes halogenated alkanes) is 1. The Labute approximate surface area is 120 Å². The highest BCUT2D eigenvalue weighted by atomic mass is 19.1. The lowest BCUT2D eigenvalue weighted by atomic mass is 10.00. The van der Waals surface area contributed by atoms with Crippen LogP contribution < -0.4 is 5.32 Å². The van der Waals surface area contributed by atoms with Gasteiger partial charge in [-0.2, -0.15) is 0 Å². The molecule has 0 aliphatic carbocycles. The van der Waals surface area contributed by atoms with Crippen molar-refractivity contribution < 1.29 is 4.39 Å². The first-order valence-electron chi connectivity index (χ1n) is 7.28. The Balaban J connectivity index is 2.19. The summed E-state index contributed by atoms with van der Waals surface area (Å²) in [6.45, 7) is 4.29. The Kier molecular flexibility index (Phi) is 5.16.